The topological polar surface area (TPSA) is 60.2 Å². The van der Waals surface area contributed by atoms with Gasteiger partial charge in [-0.15, -0.1) is 0 Å². The zero-order chi connectivity index (χ0) is 12.1. The first-order chi connectivity index (χ1) is 8.33. The maximum atomic E-state index is 5.67. The molecule has 1 aromatic heterocycles. The summed E-state index contributed by atoms with van der Waals surface area (Å²) in [7, 11) is 1.62. The van der Waals surface area contributed by atoms with E-state index in [2.05, 4.69) is 10.3 Å². The van der Waals surface area contributed by atoms with Gasteiger partial charge in [0, 0.05) is 12.2 Å². The standard InChI is InChI=1S/C13H15N3O/c1-17-11-6-7-13(15-9-11)16-12-5-3-2-4-10(12)8-14/h2-7,9H,8,14H2,1H3,(H,15,16). The number of rotatable bonds is 4. The predicted octanol–water partition coefficient (Wildman–Crippen LogP) is 2.29. The molecule has 0 amide bonds. The Morgan fingerprint density at radius 1 is 1.24 bits per heavy atom. The second-order valence-electron chi connectivity index (χ2n) is 3.57. The van der Waals surface area contributed by atoms with Crippen LogP contribution in [0.2, 0.25) is 0 Å². The summed E-state index contributed by atoms with van der Waals surface area (Å²) < 4.78 is 5.05. The second-order valence-corrected chi connectivity index (χ2v) is 3.57. The van der Waals surface area contributed by atoms with E-state index in [1.807, 2.05) is 36.4 Å². The van der Waals surface area contributed by atoms with Gasteiger partial charge in [-0.1, -0.05) is 18.2 Å². The number of aromatic nitrogens is 1. The molecule has 0 fully saturated rings. The molecule has 0 saturated heterocycles. The number of nitrogens with two attached hydrogens (primary N) is 1. The summed E-state index contributed by atoms with van der Waals surface area (Å²) in [5, 5.41) is 3.23. The number of benzene rings is 1. The van der Waals surface area contributed by atoms with Crippen LogP contribution in [0.3, 0.4) is 0 Å². The van der Waals surface area contributed by atoms with E-state index >= 15 is 0 Å². The summed E-state index contributed by atoms with van der Waals surface area (Å²) in [5.41, 5.74) is 7.71. The molecule has 1 aromatic carbocycles. The molecule has 17 heavy (non-hydrogen) atoms. The summed E-state index contributed by atoms with van der Waals surface area (Å²) in [6.45, 7) is 0.499. The van der Waals surface area contributed by atoms with Crippen molar-refractivity contribution in [2.45, 2.75) is 6.54 Å². The van der Waals surface area contributed by atoms with Gasteiger partial charge >= 0.3 is 0 Å². The third-order valence-corrected chi connectivity index (χ3v) is 2.47. The smallest absolute Gasteiger partial charge is 0.137 e. The van der Waals surface area contributed by atoms with Crippen molar-refractivity contribution in [3.05, 3.63) is 48.2 Å². The number of hydrogen-bond donors (Lipinski definition) is 2. The fourth-order valence-electron chi connectivity index (χ4n) is 1.53. The van der Waals surface area contributed by atoms with Crippen molar-refractivity contribution in [2.75, 3.05) is 12.4 Å². The van der Waals surface area contributed by atoms with Crippen LogP contribution >= 0.6 is 0 Å². The minimum absolute atomic E-state index is 0.499. The summed E-state index contributed by atoms with van der Waals surface area (Å²) in [6.07, 6.45) is 1.67. The van der Waals surface area contributed by atoms with Crippen LogP contribution in [0.25, 0.3) is 0 Å². The lowest BCUT2D eigenvalue weighted by molar-refractivity contribution is 0.413. The molecule has 0 unspecified atom stereocenters. The van der Waals surface area contributed by atoms with Crippen molar-refractivity contribution < 1.29 is 4.74 Å². The van der Waals surface area contributed by atoms with E-state index in [1.165, 1.54) is 0 Å². The van der Waals surface area contributed by atoms with E-state index in [0.717, 1.165) is 22.8 Å². The first-order valence-corrected chi connectivity index (χ1v) is 5.38. The van der Waals surface area contributed by atoms with Gasteiger partial charge in [0.15, 0.2) is 0 Å². The van der Waals surface area contributed by atoms with Crippen LogP contribution < -0.4 is 15.8 Å². The highest BCUT2D eigenvalue weighted by molar-refractivity contribution is 5.60. The Morgan fingerprint density at radius 2 is 2.06 bits per heavy atom. The summed E-state index contributed by atoms with van der Waals surface area (Å²) >= 11 is 0. The molecule has 0 aliphatic heterocycles. The number of methoxy groups -OCH3 is 1. The van der Waals surface area contributed by atoms with Gasteiger partial charge in [0.1, 0.15) is 11.6 Å². The quantitative estimate of drug-likeness (QED) is 0.844. The Bertz CT molecular complexity index is 482. The first-order valence-electron chi connectivity index (χ1n) is 5.38. The minimum atomic E-state index is 0.499. The Morgan fingerprint density at radius 3 is 2.71 bits per heavy atom. The number of hydrogen-bond acceptors (Lipinski definition) is 4. The van der Waals surface area contributed by atoms with E-state index < -0.39 is 0 Å². The Balaban J connectivity index is 2.19. The highest BCUT2D eigenvalue weighted by Gasteiger charge is 2.01. The van der Waals surface area contributed by atoms with E-state index in [1.54, 1.807) is 13.3 Å². The van der Waals surface area contributed by atoms with E-state index in [-0.39, 0.29) is 0 Å². The van der Waals surface area contributed by atoms with Crippen molar-refractivity contribution in [1.29, 1.82) is 0 Å². The van der Waals surface area contributed by atoms with Crippen LogP contribution in [-0.2, 0) is 6.54 Å². The molecular weight excluding hydrogens is 214 g/mol. The zero-order valence-electron chi connectivity index (χ0n) is 9.68. The lowest BCUT2D eigenvalue weighted by Crippen LogP contribution is -2.02. The molecule has 88 valence electrons. The molecule has 1 heterocycles. The third-order valence-electron chi connectivity index (χ3n) is 2.47. The fraction of sp³-hybridized carbons (Fsp3) is 0.154. The molecule has 3 N–H and O–H groups in total. The number of nitrogens with one attached hydrogen (secondary N) is 1. The van der Waals surface area contributed by atoms with Gasteiger partial charge in [-0.2, -0.15) is 0 Å². The lowest BCUT2D eigenvalue weighted by atomic mass is 10.2. The number of para-hydroxylation sites is 1. The van der Waals surface area contributed by atoms with Gasteiger partial charge in [0.05, 0.1) is 13.3 Å². The zero-order valence-corrected chi connectivity index (χ0v) is 9.68. The fourth-order valence-corrected chi connectivity index (χ4v) is 1.53. The van der Waals surface area contributed by atoms with Crippen LogP contribution in [0.15, 0.2) is 42.6 Å². The molecule has 2 rings (SSSR count). The Labute approximate surface area is 100 Å². The molecule has 0 saturated carbocycles. The molecule has 0 aliphatic carbocycles. The molecule has 0 aliphatic rings. The number of nitrogens with zero attached hydrogens (tertiary/aromatic N) is 1. The number of anilines is 2. The van der Waals surface area contributed by atoms with Gasteiger partial charge in [-0.25, -0.2) is 4.98 Å². The predicted molar refractivity (Wildman–Crippen MR) is 68.4 cm³/mol. The average molecular weight is 229 g/mol. The van der Waals surface area contributed by atoms with E-state index in [4.69, 9.17) is 10.5 Å². The normalized spacial score (nSPS) is 10.0. The van der Waals surface area contributed by atoms with Crippen LogP contribution in [0.5, 0.6) is 5.75 Å². The summed E-state index contributed by atoms with van der Waals surface area (Å²) in [5.74, 6) is 1.51. The van der Waals surface area contributed by atoms with Crippen LogP contribution in [0.1, 0.15) is 5.56 Å². The van der Waals surface area contributed by atoms with Gasteiger partial charge in [0.2, 0.25) is 0 Å². The molecule has 0 spiro atoms. The maximum Gasteiger partial charge on any atom is 0.137 e. The molecule has 4 heteroatoms. The largest absolute Gasteiger partial charge is 0.495 e. The van der Waals surface area contributed by atoms with Crippen LogP contribution in [0, 0.1) is 0 Å². The van der Waals surface area contributed by atoms with E-state index in [9.17, 15) is 0 Å². The molecule has 0 radical (unpaired) electrons. The van der Waals surface area contributed by atoms with Crippen molar-refractivity contribution in [3.8, 4) is 5.75 Å². The first kappa shape index (κ1) is 11.4. The highest BCUT2D eigenvalue weighted by Crippen LogP contribution is 2.20. The molecule has 2 aromatic rings. The van der Waals surface area contributed by atoms with Gasteiger partial charge in [-0.05, 0) is 23.8 Å². The molecule has 4 nitrogen and oxygen atoms in total. The van der Waals surface area contributed by atoms with Crippen LogP contribution in [0.4, 0.5) is 11.5 Å². The van der Waals surface area contributed by atoms with Crippen molar-refractivity contribution in [3.63, 3.8) is 0 Å². The van der Waals surface area contributed by atoms with E-state index in [0.29, 0.717) is 6.54 Å². The lowest BCUT2D eigenvalue weighted by Gasteiger charge is -2.10. The number of pyridine rings is 1. The van der Waals surface area contributed by atoms with Crippen molar-refractivity contribution >= 4 is 11.5 Å². The Hall–Kier alpha value is -2.07. The number of ether oxygens (including phenoxy) is 1. The molecular formula is C13H15N3O. The average Bonchev–Trinajstić information content (AvgIpc) is 2.40. The SMILES string of the molecule is COc1ccc(Nc2ccccc2CN)nc1. The van der Waals surface area contributed by atoms with Crippen molar-refractivity contribution in [1.82, 2.24) is 4.98 Å². The molecule has 0 bridgehead atoms. The maximum absolute atomic E-state index is 5.67. The summed E-state index contributed by atoms with van der Waals surface area (Å²) in [4.78, 5) is 4.24. The monoisotopic (exact) mass is 229 g/mol. The highest BCUT2D eigenvalue weighted by atomic mass is 16.5. The van der Waals surface area contributed by atoms with Gasteiger partial charge < -0.3 is 15.8 Å². The van der Waals surface area contributed by atoms with Crippen molar-refractivity contribution in [2.24, 2.45) is 5.73 Å². The van der Waals surface area contributed by atoms with Gasteiger partial charge in [-0.3, -0.25) is 0 Å². The summed E-state index contributed by atoms with van der Waals surface area (Å²) in [6, 6.07) is 11.6. The molecule has 0 atom stereocenters. The third kappa shape index (κ3) is 2.73. The minimum Gasteiger partial charge on any atom is -0.495 e. The van der Waals surface area contributed by atoms with Gasteiger partial charge in [0.25, 0.3) is 0 Å². The Kier molecular flexibility index (Phi) is 3.57. The second kappa shape index (κ2) is 5.32. The van der Waals surface area contributed by atoms with Crippen LogP contribution in [-0.4, -0.2) is 12.1 Å².